The predicted octanol–water partition coefficient (Wildman–Crippen LogP) is 1.64. The first-order valence-electron chi connectivity index (χ1n) is 6.64. The minimum Gasteiger partial charge on any atom is -0.388 e. The number of rotatable bonds is 2. The molecule has 1 aliphatic heterocycles. The molecule has 5 heteroatoms. The molecule has 1 aliphatic rings. The summed E-state index contributed by atoms with van der Waals surface area (Å²) in [6, 6.07) is 3.95. The molecule has 0 saturated carbocycles. The largest absolute Gasteiger partial charge is 0.388 e. The standard InChI is InChI=1S/C14H22N4S/c1-14(2,3)18-8-6-17(7-9-18)11-4-5-12(13(15)19)16-10-11/h4-5,10H,6-9H2,1-3H3,(H2,15,19). The van der Waals surface area contributed by atoms with Crippen molar-refractivity contribution in [3.8, 4) is 0 Å². The van der Waals surface area contributed by atoms with Gasteiger partial charge in [0.15, 0.2) is 0 Å². The van der Waals surface area contributed by atoms with Crippen LogP contribution in [0.1, 0.15) is 26.5 Å². The van der Waals surface area contributed by atoms with Crippen molar-refractivity contribution < 1.29 is 0 Å². The summed E-state index contributed by atoms with van der Waals surface area (Å²) in [5, 5.41) is 0. The van der Waals surface area contributed by atoms with Gasteiger partial charge in [-0.05, 0) is 32.9 Å². The van der Waals surface area contributed by atoms with E-state index in [1.165, 1.54) is 0 Å². The molecule has 0 aliphatic carbocycles. The molecule has 2 N–H and O–H groups in total. The molecular formula is C14H22N4S. The Morgan fingerprint density at radius 3 is 2.26 bits per heavy atom. The third kappa shape index (κ3) is 3.42. The van der Waals surface area contributed by atoms with Gasteiger partial charge in [0.1, 0.15) is 4.99 Å². The van der Waals surface area contributed by atoms with Crippen LogP contribution in [0, 0.1) is 0 Å². The van der Waals surface area contributed by atoms with E-state index in [0.717, 1.165) is 31.9 Å². The Morgan fingerprint density at radius 1 is 1.21 bits per heavy atom. The van der Waals surface area contributed by atoms with Crippen molar-refractivity contribution in [3.63, 3.8) is 0 Å². The number of hydrogen-bond acceptors (Lipinski definition) is 4. The van der Waals surface area contributed by atoms with Crippen LogP contribution in [-0.2, 0) is 0 Å². The maximum absolute atomic E-state index is 5.56. The average Bonchev–Trinajstić information content (AvgIpc) is 2.38. The van der Waals surface area contributed by atoms with Gasteiger partial charge in [0.05, 0.1) is 17.6 Å². The Bertz CT molecular complexity index is 442. The van der Waals surface area contributed by atoms with Crippen LogP contribution >= 0.6 is 12.2 Å². The lowest BCUT2D eigenvalue weighted by Gasteiger charge is -2.42. The van der Waals surface area contributed by atoms with Crippen LogP contribution in [0.5, 0.6) is 0 Å². The number of anilines is 1. The summed E-state index contributed by atoms with van der Waals surface area (Å²) in [5.41, 5.74) is 7.64. The number of aromatic nitrogens is 1. The molecular weight excluding hydrogens is 256 g/mol. The second-order valence-corrected chi connectivity index (χ2v) is 6.35. The first kappa shape index (κ1) is 14.2. The van der Waals surface area contributed by atoms with Gasteiger partial charge in [0.25, 0.3) is 0 Å². The highest BCUT2D eigenvalue weighted by atomic mass is 32.1. The summed E-state index contributed by atoms with van der Waals surface area (Å²) >= 11 is 4.91. The van der Waals surface area contributed by atoms with E-state index in [9.17, 15) is 0 Å². The first-order chi connectivity index (χ1) is 8.88. The van der Waals surface area contributed by atoms with Crippen molar-refractivity contribution in [2.75, 3.05) is 31.1 Å². The molecule has 0 bridgehead atoms. The molecule has 0 unspecified atom stereocenters. The van der Waals surface area contributed by atoms with E-state index in [2.05, 4.69) is 35.6 Å². The molecule has 0 radical (unpaired) electrons. The van der Waals surface area contributed by atoms with Crippen LogP contribution in [0.3, 0.4) is 0 Å². The van der Waals surface area contributed by atoms with Crippen LogP contribution in [0.2, 0.25) is 0 Å². The van der Waals surface area contributed by atoms with E-state index in [1.54, 1.807) is 0 Å². The number of nitrogens with zero attached hydrogens (tertiary/aromatic N) is 3. The molecule has 2 heterocycles. The predicted molar refractivity (Wildman–Crippen MR) is 83.7 cm³/mol. The molecule has 104 valence electrons. The lowest BCUT2D eigenvalue weighted by atomic mass is 10.0. The molecule has 0 amide bonds. The van der Waals surface area contributed by atoms with Crippen molar-refractivity contribution in [2.45, 2.75) is 26.3 Å². The smallest absolute Gasteiger partial charge is 0.122 e. The lowest BCUT2D eigenvalue weighted by Crippen LogP contribution is -2.53. The highest BCUT2D eigenvalue weighted by Crippen LogP contribution is 2.20. The number of piperazine rings is 1. The SMILES string of the molecule is CC(C)(C)N1CCN(c2ccc(C(N)=S)nc2)CC1. The van der Waals surface area contributed by atoms with E-state index in [-0.39, 0.29) is 5.54 Å². The van der Waals surface area contributed by atoms with Crippen molar-refractivity contribution in [1.29, 1.82) is 0 Å². The van der Waals surface area contributed by atoms with Gasteiger partial charge >= 0.3 is 0 Å². The fourth-order valence-corrected chi connectivity index (χ4v) is 2.48. The van der Waals surface area contributed by atoms with Gasteiger partial charge in [0, 0.05) is 31.7 Å². The Balaban J connectivity index is 2.00. The molecule has 0 spiro atoms. The molecule has 1 fully saturated rings. The van der Waals surface area contributed by atoms with E-state index in [0.29, 0.717) is 10.7 Å². The molecule has 0 aromatic carbocycles. The van der Waals surface area contributed by atoms with Gasteiger partial charge < -0.3 is 10.6 Å². The fourth-order valence-electron chi connectivity index (χ4n) is 2.35. The topological polar surface area (TPSA) is 45.4 Å². The van der Waals surface area contributed by atoms with Crippen LogP contribution in [-0.4, -0.2) is 46.6 Å². The Kier molecular flexibility index (Phi) is 4.06. The second-order valence-electron chi connectivity index (χ2n) is 5.91. The van der Waals surface area contributed by atoms with Crippen LogP contribution in [0.25, 0.3) is 0 Å². The van der Waals surface area contributed by atoms with Crippen LogP contribution in [0.4, 0.5) is 5.69 Å². The fraction of sp³-hybridized carbons (Fsp3) is 0.571. The third-order valence-corrected chi connectivity index (χ3v) is 3.80. The van der Waals surface area contributed by atoms with E-state index in [4.69, 9.17) is 18.0 Å². The van der Waals surface area contributed by atoms with Gasteiger partial charge in [-0.15, -0.1) is 0 Å². The van der Waals surface area contributed by atoms with Gasteiger partial charge in [-0.2, -0.15) is 0 Å². The van der Waals surface area contributed by atoms with Crippen molar-refractivity contribution in [1.82, 2.24) is 9.88 Å². The summed E-state index contributed by atoms with van der Waals surface area (Å²) in [6.45, 7) is 11.0. The van der Waals surface area contributed by atoms with Gasteiger partial charge in [-0.1, -0.05) is 12.2 Å². The molecule has 1 aromatic rings. The zero-order valence-corrected chi connectivity index (χ0v) is 12.7. The number of hydrogen-bond donors (Lipinski definition) is 1. The minimum absolute atomic E-state index is 0.250. The van der Waals surface area contributed by atoms with E-state index < -0.39 is 0 Å². The molecule has 19 heavy (non-hydrogen) atoms. The van der Waals surface area contributed by atoms with Crippen molar-refractivity contribution in [3.05, 3.63) is 24.0 Å². The maximum atomic E-state index is 5.56. The van der Waals surface area contributed by atoms with Crippen LogP contribution < -0.4 is 10.6 Å². The normalized spacial score (nSPS) is 17.5. The van der Waals surface area contributed by atoms with Crippen molar-refractivity contribution >= 4 is 22.9 Å². The Hall–Kier alpha value is -1.20. The summed E-state index contributed by atoms with van der Waals surface area (Å²) in [6.07, 6.45) is 1.86. The van der Waals surface area contributed by atoms with Gasteiger partial charge in [-0.3, -0.25) is 9.88 Å². The monoisotopic (exact) mass is 278 g/mol. The summed E-state index contributed by atoms with van der Waals surface area (Å²) in [7, 11) is 0. The minimum atomic E-state index is 0.250. The summed E-state index contributed by atoms with van der Waals surface area (Å²) in [4.78, 5) is 9.52. The van der Waals surface area contributed by atoms with Gasteiger partial charge in [-0.25, -0.2) is 0 Å². The molecule has 0 atom stereocenters. The first-order valence-corrected chi connectivity index (χ1v) is 7.04. The molecule has 1 aromatic heterocycles. The Morgan fingerprint density at radius 2 is 1.84 bits per heavy atom. The number of nitrogens with two attached hydrogens (primary N) is 1. The zero-order chi connectivity index (χ0) is 14.0. The zero-order valence-electron chi connectivity index (χ0n) is 11.9. The van der Waals surface area contributed by atoms with Gasteiger partial charge in [0.2, 0.25) is 0 Å². The van der Waals surface area contributed by atoms with E-state index in [1.807, 2.05) is 18.3 Å². The molecule has 4 nitrogen and oxygen atoms in total. The lowest BCUT2D eigenvalue weighted by molar-refractivity contribution is 0.128. The molecule has 2 rings (SSSR count). The van der Waals surface area contributed by atoms with E-state index >= 15 is 0 Å². The third-order valence-electron chi connectivity index (χ3n) is 3.59. The quantitative estimate of drug-likeness (QED) is 0.833. The summed E-state index contributed by atoms with van der Waals surface area (Å²) < 4.78 is 0. The highest BCUT2D eigenvalue weighted by molar-refractivity contribution is 7.80. The molecule has 1 saturated heterocycles. The number of thiocarbonyl (C=S) groups is 1. The second kappa shape index (κ2) is 5.43. The Labute approximate surface area is 120 Å². The van der Waals surface area contributed by atoms with Crippen LogP contribution in [0.15, 0.2) is 18.3 Å². The summed E-state index contributed by atoms with van der Waals surface area (Å²) in [5.74, 6) is 0. The maximum Gasteiger partial charge on any atom is 0.122 e. The highest BCUT2D eigenvalue weighted by Gasteiger charge is 2.25. The number of pyridine rings is 1. The average molecular weight is 278 g/mol. The van der Waals surface area contributed by atoms with Crippen molar-refractivity contribution in [2.24, 2.45) is 5.73 Å².